The Morgan fingerprint density at radius 1 is 1.31 bits per heavy atom. The van der Waals surface area contributed by atoms with Gasteiger partial charge in [0.25, 0.3) is 0 Å². The van der Waals surface area contributed by atoms with E-state index in [0.29, 0.717) is 6.04 Å². The van der Waals surface area contributed by atoms with Gasteiger partial charge in [-0.1, -0.05) is 44.0 Å². The maximum atomic E-state index is 3.62. The van der Waals surface area contributed by atoms with E-state index >= 15 is 0 Å². The number of nitrogens with one attached hydrogen (secondary N) is 1. The van der Waals surface area contributed by atoms with Gasteiger partial charge in [-0.05, 0) is 43.4 Å². The normalized spacial score (nSPS) is 17.4. The van der Waals surface area contributed by atoms with Crippen LogP contribution in [0.2, 0.25) is 0 Å². The zero-order valence-electron chi connectivity index (χ0n) is 10.5. The van der Waals surface area contributed by atoms with Gasteiger partial charge in [0.15, 0.2) is 0 Å². The third-order valence-electron chi connectivity index (χ3n) is 3.57. The van der Waals surface area contributed by atoms with Crippen LogP contribution in [-0.4, -0.2) is 6.54 Å². The molecule has 1 heteroatoms. The van der Waals surface area contributed by atoms with Crippen molar-refractivity contribution >= 4 is 0 Å². The third kappa shape index (κ3) is 3.08. The zero-order valence-corrected chi connectivity index (χ0v) is 10.5. The van der Waals surface area contributed by atoms with E-state index in [9.17, 15) is 0 Å². The summed E-state index contributed by atoms with van der Waals surface area (Å²) in [7, 11) is 0. The van der Waals surface area contributed by atoms with E-state index in [1.807, 2.05) is 0 Å². The van der Waals surface area contributed by atoms with Gasteiger partial charge in [0.2, 0.25) is 0 Å². The minimum absolute atomic E-state index is 0.562. The molecule has 0 radical (unpaired) electrons. The topological polar surface area (TPSA) is 12.0 Å². The molecule has 0 aliphatic heterocycles. The lowest BCUT2D eigenvalue weighted by Gasteiger charge is -2.20. The van der Waals surface area contributed by atoms with Crippen LogP contribution in [0.5, 0.6) is 0 Å². The summed E-state index contributed by atoms with van der Waals surface area (Å²) in [5.41, 5.74) is 2.91. The highest BCUT2D eigenvalue weighted by atomic mass is 14.9. The molecule has 0 bridgehead atoms. The number of rotatable bonds is 6. The number of hydrogen-bond acceptors (Lipinski definition) is 1. The summed E-state index contributed by atoms with van der Waals surface area (Å²) in [6.07, 6.45) is 5.62. The SMILES string of the molecule is CCNC(CCC1CC1)c1ccccc1C. The van der Waals surface area contributed by atoms with Gasteiger partial charge in [-0.2, -0.15) is 0 Å². The molecule has 1 aromatic carbocycles. The van der Waals surface area contributed by atoms with Crippen molar-refractivity contribution in [2.75, 3.05) is 6.54 Å². The fraction of sp³-hybridized carbons (Fsp3) is 0.600. The minimum Gasteiger partial charge on any atom is -0.310 e. The summed E-state index contributed by atoms with van der Waals surface area (Å²) >= 11 is 0. The molecule has 1 N–H and O–H groups in total. The molecule has 1 aliphatic rings. The molecule has 1 fully saturated rings. The predicted octanol–water partition coefficient (Wildman–Crippen LogP) is 3.84. The maximum absolute atomic E-state index is 3.62. The number of aryl methyl sites for hydroxylation is 1. The van der Waals surface area contributed by atoms with E-state index in [-0.39, 0.29) is 0 Å². The van der Waals surface area contributed by atoms with Gasteiger partial charge >= 0.3 is 0 Å². The van der Waals surface area contributed by atoms with Crippen molar-refractivity contribution in [3.8, 4) is 0 Å². The third-order valence-corrected chi connectivity index (χ3v) is 3.57. The quantitative estimate of drug-likeness (QED) is 0.763. The second-order valence-corrected chi connectivity index (χ2v) is 4.99. The first-order chi connectivity index (χ1) is 7.81. The largest absolute Gasteiger partial charge is 0.310 e. The lowest BCUT2D eigenvalue weighted by atomic mass is 9.96. The van der Waals surface area contributed by atoms with Crippen molar-refractivity contribution in [3.63, 3.8) is 0 Å². The molecular formula is C15H23N. The molecule has 0 aromatic heterocycles. The Balaban J connectivity index is 2.01. The summed E-state index contributed by atoms with van der Waals surface area (Å²) in [6, 6.07) is 9.34. The zero-order chi connectivity index (χ0) is 11.4. The second kappa shape index (κ2) is 5.49. The Morgan fingerprint density at radius 2 is 2.06 bits per heavy atom. The average molecular weight is 217 g/mol. The molecule has 0 heterocycles. The standard InChI is InChI=1S/C15H23N/c1-3-16-15(11-10-13-8-9-13)14-7-5-4-6-12(14)2/h4-7,13,15-16H,3,8-11H2,1-2H3. The van der Waals surface area contributed by atoms with Gasteiger partial charge in [-0.25, -0.2) is 0 Å². The molecule has 1 aromatic rings. The molecule has 1 atom stereocenters. The molecule has 0 saturated heterocycles. The highest BCUT2D eigenvalue weighted by Crippen LogP contribution is 2.36. The Kier molecular flexibility index (Phi) is 4.00. The highest BCUT2D eigenvalue weighted by molar-refractivity contribution is 5.28. The molecule has 16 heavy (non-hydrogen) atoms. The first-order valence-corrected chi connectivity index (χ1v) is 6.60. The van der Waals surface area contributed by atoms with E-state index in [0.717, 1.165) is 12.5 Å². The molecule has 88 valence electrons. The van der Waals surface area contributed by atoms with Gasteiger partial charge in [-0.15, -0.1) is 0 Å². The molecular weight excluding hydrogens is 194 g/mol. The van der Waals surface area contributed by atoms with Crippen molar-refractivity contribution < 1.29 is 0 Å². The molecule has 2 rings (SSSR count). The van der Waals surface area contributed by atoms with Crippen LogP contribution in [0.4, 0.5) is 0 Å². The Labute approximate surface area is 99.3 Å². The molecule has 1 unspecified atom stereocenters. The Bertz CT molecular complexity index is 328. The lowest BCUT2D eigenvalue weighted by Crippen LogP contribution is -2.21. The monoisotopic (exact) mass is 217 g/mol. The van der Waals surface area contributed by atoms with Crippen LogP contribution in [0.25, 0.3) is 0 Å². The number of hydrogen-bond donors (Lipinski definition) is 1. The van der Waals surface area contributed by atoms with Crippen LogP contribution in [0.3, 0.4) is 0 Å². The molecule has 0 spiro atoms. The number of benzene rings is 1. The van der Waals surface area contributed by atoms with E-state index in [1.165, 1.54) is 36.8 Å². The molecule has 0 amide bonds. The first kappa shape index (κ1) is 11.7. The second-order valence-electron chi connectivity index (χ2n) is 4.99. The minimum atomic E-state index is 0.562. The van der Waals surface area contributed by atoms with Crippen LogP contribution in [-0.2, 0) is 0 Å². The van der Waals surface area contributed by atoms with Gasteiger partial charge in [0.05, 0.1) is 0 Å². The fourth-order valence-electron chi connectivity index (χ4n) is 2.40. The molecule has 1 saturated carbocycles. The van der Waals surface area contributed by atoms with Crippen LogP contribution < -0.4 is 5.32 Å². The summed E-state index contributed by atoms with van der Waals surface area (Å²) in [5, 5.41) is 3.62. The van der Waals surface area contributed by atoms with Crippen molar-refractivity contribution in [1.29, 1.82) is 0 Å². The van der Waals surface area contributed by atoms with Crippen LogP contribution in [0, 0.1) is 12.8 Å². The summed E-state index contributed by atoms with van der Waals surface area (Å²) in [6.45, 7) is 5.48. The van der Waals surface area contributed by atoms with Gasteiger partial charge < -0.3 is 5.32 Å². The summed E-state index contributed by atoms with van der Waals surface area (Å²) < 4.78 is 0. The Hall–Kier alpha value is -0.820. The molecule has 1 nitrogen and oxygen atoms in total. The fourth-order valence-corrected chi connectivity index (χ4v) is 2.40. The summed E-state index contributed by atoms with van der Waals surface area (Å²) in [5.74, 6) is 1.03. The predicted molar refractivity (Wildman–Crippen MR) is 69.6 cm³/mol. The molecule has 1 aliphatic carbocycles. The Morgan fingerprint density at radius 3 is 2.69 bits per heavy atom. The first-order valence-electron chi connectivity index (χ1n) is 6.60. The van der Waals surface area contributed by atoms with E-state index in [2.05, 4.69) is 43.4 Å². The van der Waals surface area contributed by atoms with Crippen molar-refractivity contribution in [2.45, 2.75) is 45.6 Å². The van der Waals surface area contributed by atoms with Gasteiger partial charge in [0, 0.05) is 6.04 Å². The highest BCUT2D eigenvalue weighted by Gasteiger charge is 2.23. The van der Waals surface area contributed by atoms with Gasteiger partial charge in [-0.3, -0.25) is 0 Å². The average Bonchev–Trinajstić information content (AvgIpc) is 3.09. The van der Waals surface area contributed by atoms with E-state index in [1.54, 1.807) is 0 Å². The smallest absolute Gasteiger partial charge is 0.0322 e. The van der Waals surface area contributed by atoms with Crippen LogP contribution in [0.15, 0.2) is 24.3 Å². The summed E-state index contributed by atoms with van der Waals surface area (Å²) in [4.78, 5) is 0. The lowest BCUT2D eigenvalue weighted by molar-refractivity contribution is 0.480. The van der Waals surface area contributed by atoms with E-state index < -0.39 is 0 Å². The van der Waals surface area contributed by atoms with Crippen LogP contribution in [0.1, 0.15) is 49.8 Å². The van der Waals surface area contributed by atoms with Gasteiger partial charge in [0.1, 0.15) is 0 Å². The van der Waals surface area contributed by atoms with Crippen molar-refractivity contribution in [3.05, 3.63) is 35.4 Å². The van der Waals surface area contributed by atoms with Crippen molar-refractivity contribution in [2.24, 2.45) is 5.92 Å². The van der Waals surface area contributed by atoms with Crippen LogP contribution >= 0.6 is 0 Å². The van der Waals surface area contributed by atoms with E-state index in [4.69, 9.17) is 0 Å². The van der Waals surface area contributed by atoms with Crippen molar-refractivity contribution in [1.82, 2.24) is 5.32 Å². The maximum Gasteiger partial charge on any atom is 0.0322 e.